The van der Waals surface area contributed by atoms with Crippen molar-refractivity contribution in [1.82, 2.24) is 19.6 Å². The number of amides is 5. The van der Waals surface area contributed by atoms with Crippen LogP contribution < -0.4 is 5.32 Å². The molecule has 0 bridgehead atoms. The molecule has 3 fully saturated rings. The summed E-state index contributed by atoms with van der Waals surface area (Å²) in [6.07, 6.45) is 6.61. The minimum Gasteiger partial charge on any atom is -0.507 e. The molecule has 0 spiro atoms. The molecule has 4 heterocycles. The highest BCUT2D eigenvalue weighted by molar-refractivity contribution is 6.32. The number of esters is 1. The average Bonchev–Trinajstić information content (AvgIpc) is 3.37. The third-order valence-corrected chi connectivity index (χ3v) is 11.7. The number of hydrogen-bond donors (Lipinski definition) is 2. The molecule has 6 rings (SSSR count). The summed E-state index contributed by atoms with van der Waals surface area (Å²) in [5.74, 6) is 0.200. The average molecular weight is 748 g/mol. The van der Waals surface area contributed by atoms with Gasteiger partial charge < -0.3 is 39.5 Å². The first-order valence-electron chi connectivity index (χ1n) is 19.3. The number of aryl methyl sites for hydroxylation is 2. The van der Waals surface area contributed by atoms with Gasteiger partial charge in [-0.1, -0.05) is 37.3 Å². The highest BCUT2D eigenvalue weighted by atomic mass is 16.5. The van der Waals surface area contributed by atoms with E-state index in [9.17, 15) is 29.1 Å². The number of rotatable bonds is 5. The van der Waals surface area contributed by atoms with Gasteiger partial charge in [-0.3, -0.25) is 9.59 Å². The van der Waals surface area contributed by atoms with Crippen molar-refractivity contribution in [2.24, 2.45) is 17.8 Å². The maximum absolute atomic E-state index is 13.0. The molecule has 13 nitrogen and oxygen atoms in total. The normalized spacial score (nSPS) is 19.1. The zero-order valence-electron chi connectivity index (χ0n) is 32.5. The Kier molecular flexibility index (Phi) is 13.8. The fourth-order valence-corrected chi connectivity index (χ4v) is 8.52. The van der Waals surface area contributed by atoms with Crippen molar-refractivity contribution >= 4 is 35.6 Å². The first-order chi connectivity index (χ1) is 25.9. The lowest BCUT2D eigenvalue weighted by atomic mass is 9.78. The topological polar surface area (TPSA) is 149 Å². The van der Waals surface area contributed by atoms with E-state index in [0.717, 1.165) is 80.4 Å². The number of phenols is 1. The number of aromatic hydroxyl groups is 1. The van der Waals surface area contributed by atoms with Crippen molar-refractivity contribution < 1.29 is 38.6 Å². The fraction of sp³-hybridized carbons (Fsp3) is 0.585. The van der Waals surface area contributed by atoms with Crippen LogP contribution in [0.4, 0.5) is 15.3 Å². The summed E-state index contributed by atoms with van der Waals surface area (Å²) in [6.45, 7) is 10.5. The van der Waals surface area contributed by atoms with Crippen LogP contribution in [0, 0.1) is 31.6 Å². The smallest absolute Gasteiger partial charge is 0.409 e. The molecule has 1 atom stereocenters. The van der Waals surface area contributed by atoms with Gasteiger partial charge >= 0.3 is 24.0 Å². The minimum atomic E-state index is -0.790. The SMILES string of the molecule is COC(=O)C(=O)N1CCC(C2CCN(C(=O)[C@H](C)Cc3cc(C)c(O)c(C)c3)CC2)CC1.COC(=O)N1CCC(N2CCc3ccccc3NC2=O)CC1. The largest absolute Gasteiger partial charge is 0.507 e. The van der Waals surface area contributed by atoms with Crippen molar-refractivity contribution in [3.8, 4) is 5.75 Å². The van der Waals surface area contributed by atoms with E-state index in [0.29, 0.717) is 56.7 Å². The Labute approximate surface area is 318 Å². The summed E-state index contributed by atoms with van der Waals surface area (Å²) < 4.78 is 9.29. The highest BCUT2D eigenvalue weighted by Gasteiger charge is 2.35. The second kappa shape index (κ2) is 18.5. The molecule has 3 saturated heterocycles. The van der Waals surface area contributed by atoms with Gasteiger partial charge in [-0.25, -0.2) is 14.4 Å². The van der Waals surface area contributed by atoms with Gasteiger partial charge in [-0.2, -0.15) is 0 Å². The molecule has 4 aliphatic rings. The molecule has 0 aliphatic carbocycles. The van der Waals surface area contributed by atoms with Crippen molar-refractivity contribution in [2.45, 2.75) is 78.2 Å². The van der Waals surface area contributed by atoms with E-state index in [1.165, 1.54) is 19.8 Å². The maximum atomic E-state index is 13.0. The number of methoxy groups -OCH3 is 2. The maximum Gasteiger partial charge on any atom is 0.409 e. The van der Waals surface area contributed by atoms with Crippen LogP contribution in [0.3, 0.4) is 0 Å². The molecule has 2 aromatic carbocycles. The van der Waals surface area contributed by atoms with Crippen molar-refractivity contribution in [3.63, 3.8) is 0 Å². The molecule has 4 aliphatic heterocycles. The van der Waals surface area contributed by atoms with E-state index in [4.69, 9.17) is 4.74 Å². The number of piperidine rings is 3. The molecule has 5 amide bonds. The van der Waals surface area contributed by atoms with E-state index < -0.39 is 11.9 Å². The lowest BCUT2D eigenvalue weighted by Gasteiger charge is -2.40. The minimum absolute atomic E-state index is 0.0403. The van der Waals surface area contributed by atoms with Gasteiger partial charge in [-0.05, 0) is 105 Å². The van der Waals surface area contributed by atoms with Crippen molar-refractivity contribution in [1.29, 1.82) is 0 Å². The Morgan fingerprint density at radius 2 is 1.35 bits per heavy atom. The third-order valence-electron chi connectivity index (χ3n) is 11.7. The predicted octanol–water partition coefficient (Wildman–Crippen LogP) is 5.15. The molecule has 294 valence electrons. The van der Waals surface area contributed by atoms with Crippen LogP contribution in [0.15, 0.2) is 36.4 Å². The van der Waals surface area contributed by atoms with Crippen LogP contribution in [0.25, 0.3) is 0 Å². The molecule has 13 heteroatoms. The molecule has 2 N–H and O–H groups in total. The Morgan fingerprint density at radius 1 is 0.796 bits per heavy atom. The monoisotopic (exact) mass is 747 g/mol. The first kappa shape index (κ1) is 40.4. The molecular weight excluding hydrogens is 690 g/mol. The highest BCUT2D eigenvalue weighted by Crippen LogP contribution is 2.33. The number of nitrogens with zero attached hydrogens (tertiary/aromatic N) is 4. The number of hydrogen-bond acceptors (Lipinski definition) is 8. The zero-order chi connectivity index (χ0) is 38.9. The molecule has 2 aromatic rings. The van der Waals surface area contributed by atoms with Gasteiger partial charge in [0.2, 0.25) is 5.91 Å². The predicted molar refractivity (Wildman–Crippen MR) is 204 cm³/mol. The van der Waals surface area contributed by atoms with Crippen LogP contribution in [-0.2, 0) is 36.7 Å². The molecular formula is C41H57N5O8. The lowest BCUT2D eigenvalue weighted by Crippen LogP contribution is -2.50. The van der Waals surface area contributed by atoms with Gasteiger partial charge in [-0.15, -0.1) is 0 Å². The summed E-state index contributed by atoms with van der Waals surface area (Å²) in [5, 5.41) is 13.0. The number of anilines is 1. The number of carbonyl (C=O) groups is 5. The fourth-order valence-electron chi connectivity index (χ4n) is 8.52. The number of para-hydroxylation sites is 1. The second-order valence-electron chi connectivity index (χ2n) is 15.2. The van der Waals surface area contributed by atoms with E-state index >= 15 is 0 Å². The number of phenolic OH excluding ortho intramolecular Hbond substituents is 1. The molecule has 54 heavy (non-hydrogen) atoms. The summed E-state index contributed by atoms with van der Waals surface area (Å²) in [6, 6.07) is 12.0. The number of fused-ring (bicyclic) bond motifs is 1. The van der Waals surface area contributed by atoms with E-state index in [1.807, 2.05) is 60.9 Å². The Hall–Kier alpha value is -4.81. The van der Waals surface area contributed by atoms with Crippen LogP contribution >= 0.6 is 0 Å². The van der Waals surface area contributed by atoms with Crippen LogP contribution in [-0.4, -0.2) is 121 Å². The number of benzene rings is 2. The third kappa shape index (κ3) is 9.83. The van der Waals surface area contributed by atoms with E-state index in [-0.39, 0.29) is 30.0 Å². The Bertz CT molecular complexity index is 1640. The van der Waals surface area contributed by atoms with E-state index in [2.05, 4.69) is 16.1 Å². The number of urea groups is 1. The molecule has 0 unspecified atom stereocenters. The molecule has 0 radical (unpaired) electrons. The zero-order valence-corrected chi connectivity index (χ0v) is 32.5. The van der Waals surface area contributed by atoms with Crippen LogP contribution in [0.2, 0.25) is 0 Å². The first-order valence-corrected chi connectivity index (χ1v) is 19.3. The number of likely N-dealkylation sites (tertiary alicyclic amines) is 3. The molecule has 0 saturated carbocycles. The van der Waals surface area contributed by atoms with Gasteiger partial charge in [0, 0.05) is 63.5 Å². The standard InChI is InChI=1S/C25H36N2O5.C16H21N3O3/c1-16-13-19(14-17(2)22(16)28)15-18(3)23(29)26-9-5-20(6-10-26)21-7-11-27(12-8-21)24(30)25(31)32-4;1-22-16(21)18-9-7-13(8-10-18)19-11-6-12-4-2-3-5-14(12)17-15(19)20/h13-14,18,20-21,28H,5-12,15H2,1-4H3;2-5,13H,6-11H2,1H3,(H,17,20)/t18-;/m1./s1. The van der Waals surface area contributed by atoms with Gasteiger partial charge in [0.25, 0.3) is 0 Å². The Morgan fingerprint density at radius 3 is 1.93 bits per heavy atom. The quantitative estimate of drug-likeness (QED) is 0.316. The summed E-state index contributed by atoms with van der Waals surface area (Å²) in [7, 11) is 2.63. The van der Waals surface area contributed by atoms with Crippen molar-refractivity contribution in [3.05, 3.63) is 58.7 Å². The van der Waals surface area contributed by atoms with Gasteiger partial charge in [0.1, 0.15) is 5.75 Å². The van der Waals surface area contributed by atoms with Gasteiger partial charge in [0.15, 0.2) is 0 Å². The number of ether oxygens (including phenoxy) is 2. The van der Waals surface area contributed by atoms with Crippen molar-refractivity contribution in [2.75, 3.05) is 65.3 Å². The van der Waals surface area contributed by atoms with Crippen LogP contribution in [0.1, 0.15) is 67.7 Å². The Balaban J connectivity index is 0.000000222. The second-order valence-corrected chi connectivity index (χ2v) is 15.2. The van der Waals surface area contributed by atoms with Crippen LogP contribution in [0.5, 0.6) is 5.75 Å². The number of nitrogens with one attached hydrogen (secondary N) is 1. The number of carbonyl (C=O) groups excluding carboxylic acids is 5. The summed E-state index contributed by atoms with van der Waals surface area (Å²) >= 11 is 0. The molecule has 0 aromatic heterocycles. The summed E-state index contributed by atoms with van der Waals surface area (Å²) in [5.41, 5.74) is 4.86. The lowest BCUT2D eigenvalue weighted by molar-refractivity contribution is -0.159. The van der Waals surface area contributed by atoms with Gasteiger partial charge in [0.05, 0.1) is 14.2 Å². The summed E-state index contributed by atoms with van der Waals surface area (Å²) in [4.78, 5) is 67.6. The van der Waals surface area contributed by atoms with E-state index in [1.54, 1.807) is 9.80 Å².